The highest BCUT2D eigenvalue weighted by Crippen LogP contribution is 2.41. The minimum Gasteiger partial charge on any atom is -0.444 e. The zero-order chi connectivity index (χ0) is 36.8. The summed E-state index contributed by atoms with van der Waals surface area (Å²) < 4.78 is 47.1. The van der Waals surface area contributed by atoms with Crippen molar-refractivity contribution in [3.8, 4) is 16.8 Å². The van der Waals surface area contributed by atoms with Crippen molar-refractivity contribution in [1.29, 1.82) is 0 Å². The molecular formula is C37H45F3N8O3. The topological polar surface area (TPSA) is 121 Å². The number of halogens is 3. The van der Waals surface area contributed by atoms with Gasteiger partial charge in [-0.25, -0.2) is 14.5 Å². The molecule has 2 aromatic carbocycles. The maximum absolute atomic E-state index is 13.3. The summed E-state index contributed by atoms with van der Waals surface area (Å²) in [5.41, 5.74) is 3.00. The third-order valence-electron chi connectivity index (χ3n) is 9.82. The van der Waals surface area contributed by atoms with E-state index >= 15 is 0 Å². The number of carbonyl (C=O) groups is 2. The Morgan fingerprint density at radius 3 is 2.27 bits per heavy atom. The van der Waals surface area contributed by atoms with Crippen molar-refractivity contribution in [3.05, 3.63) is 83.2 Å². The molecular weight excluding hydrogens is 661 g/mol. The molecule has 2 fully saturated rings. The number of ether oxygens (including phenoxy) is 1. The van der Waals surface area contributed by atoms with Gasteiger partial charge in [0.15, 0.2) is 5.82 Å². The highest BCUT2D eigenvalue weighted by molar-refractivity contribution is 5.93. The van der Waals surface area contributed by atoms with Crippen LogP contribution in [0, 0.1) is 12.3 Å². The number of carbonyl (C=O) groups excluding carboxylic acids is 2. The number of nitrogens with zero attached hydrogens (tertiary/aromatic N) is 6. The number of aromatic nitrogens is 5. The number of aryl methyl sites for hydroxylation is 1. The quantitative estimate of drug-likeness (QED) is 0.213. The Kier molecular flexibility index (Phi) is 9.51. The second-order valence-corrected chi connectivity index (χ2v) is 15.4. The van der Waals surface area contributed by atoms with Gasteiger partial charge < -0.3 is 15.0 Å². The summed E-state index contributed by atoms with van der Waals surface area (Å²) in [5.74, 6) is -0.719. The van der Waals surface area contributed by atoms with Crippen LogP contribution in [-0.4, -0.2) is 84.7 Å². The molecule has 0 aliphatic carbocycles. The van der Waals surface area contributed by atoms with E-state index < -0.39 is 28.9 Å². The molecule has 0 bridgehead atoms. The van der Waals surface area contributed by atoms with E-state index in [-0.39, 0.29) is 23.9 Å². The van der Waals surface area contributed by atoms with Crippen molar-refractivity contribution in [1.82, 2.24) is 40.1 Å². The molecule has 11 nitrogen and oxygen atoms in total. The molecule has 0 radical (unpaired) electrons. The Morgan fingerprint density at radius 2 is 1.65 bits per heavy atom. The molecule has 0 unspecified atom stereocenters. The molecule has 4 aromatic rings. The van der Waals surface area contributed by atoms with Gasteiger partial charge in [-0.15, -0.1) is 0 Å². The lowest BCUT2D eigenvalue weighted by Crippen LogP contribution is -2.62. The molecule has 2 amide bonds. The van der Waals surface area contributed by atoms with Gasteiger partial charge in [0, 0.05) is 31.2 Å². The van der Waals surface area contributed by atoms with Crippen LogP contribution in [0.4, 0.5) is 18.0 Å². The maximum Gasteiger partial charge on any atom is 0.410 e. The van der Waals surface area contributed by atoms with Crippen molar-refractivity contribution >= 4 is 12.0 Å². The molecule has 1 spiro atoms. The summed E-state index contributed by atoms with van der Waals surface area (Å²) >= 11 is 0. The van der Waals surface area contributed by atoms with Gasteiger partial charge in [-0.05, 0) is 102 Å². The predicted octanol–water partition coefficient (Wildman–Crippen LogP) is 6.57. The van der Waals surface area contributed by atoms with Gasteiger partial charge >= 0.3 is 12.3 Å². The second-order valence-electron chi connectivity index (χ2n) is 15.4. The Balaban J connectivity index is 0.996. The lowest BCUT2D eigenvalue weighted by molar-refractivity contribution is -0.182. The monoisotopic (exact) mass is 706 g/mol. The molecule has 6 rings (SSSR count). The fourth-order valence-corrected chi connectivity index (χ4v) is 6.49. The Bertz CT molecular complexity index is 1880. The molecule has 2 N–H and O–H groups in total. The number of rotatable bonds is 8. The fourth-order valence-electron chi connectivity index (χ4n) is 6.49. The van der Waals surface area contributed by atoms with Crippen molar-refractivity contribution in [2.45, 2.75) is 84.7 Å². The van der Waals surface area contributed by atoms with E-state index in [2.05, 4.69) is 60.8 Å². The zero-order valence-corrected chi connectivity index (χ0v) is 29.9. The van der Waals surface area contributed by atoms with E-state index in [4.69, 9.17) is 4.74 Å². The van der Waals surface area contributed by atoms with Crippen molar-refractivity contribution in [2.24, 2.45) is 5.41 Å². The van der Waals surface area contributed by atoms with Crippen LogP contribution in [0.3, 0.4) is 0 Å². The van der Waals surface area contributed by atoms with Gasteiger partial charge in [0.2, 0.25) is 0 Å². The van der Waals surface area contributed by atoms with Crippen molar-refractivity contribution in [3.63, 3.8) is 0 Å². The molecule has 272 valence electrons. The summed E-state index contributed by atoms with van der Waals surface area (Å²) in [6.07, 6.45) is 0.471. The predicted molar refractivity (Wildman–Crippen MR) is 185 cm³/mol. The number of nitrogens with one attached hydrogen (secondary N) is 2. The first kappa shape index (κ1) is 36.1. The first-order chi connectivity index (χ1) is 23.9. The zero-order valence-electron chi connectivity index (χ0n) is 29.9. The summed E-state index contributed by atoms with van der Waals surface area (Å²) in [4.78, 5) is 33.4. The normalized spacial score (nSPS) is 16.6. The summed E-state index contributed by atoms with van der Waals surface area (Å²) in [6, 6.07) is 14.7. The average molecular weight is 707 g/mol. The molecule has 2 aromatic heterocycles. The Morgan fingerprint density at radius 1 is 0.980 bits per heavy atom. The number of aromatic amines is 1. The van der Waals surface area contributed by atoms with Crippen LogP contribution in [0.1, 0.15) is 80.6 Å². The second kappa shape index (κ2) is 13.4. The van der Waals surface area contributed by atoms with Gasteiger partial charge in [-0.2, -0.15) is 23.4 Å². The summed E-state index contributed by atoms with van der Waals surface area (Å²) in [5, 5.41) is 13.2. The van der Waals surface area contributed by atoms with E-state index in [0.29, 0.717) is 5.56 Å². The number of amides is 2. The Hall–Kier alpha value is -4.72. The molecule has 0 atom stereocenters. The van der Waals surface area contributed by atoms with Crippen LogP contribution >= 0.6 is 0 Å². The molecule has 4 heterocycles. The van der Waals surface area contributed by atoms with E-state index in [1.165, 1.54) is 11.8 Å². The van der Waals surface area contributed by atoms with Crippen LogP contribution in [-0.2, 0) is 23.2 Å². The van der Waals surface area contributed by atoms with Crippen LogP contribution in [0.2, 0.25) is 0 Å². The van der Waals surface area contributed by atoms with Crippen LogP contribution < -0.4 is 5.32 Å². The molecule has 2 saturated heterocycles. The smallest absolute Gasteiger partial charge is 0.410 e. The third-order valence-corrected chi connectivity index (χ3v) is 9.82. The number of likely N-dealkylation sites (tertiary alicyclic amines) is 2. The third kappa shape index (κ3) is 7.95. The van der Waals surface area contributed by atoms with Crippen molar-refractivity contribution < 1.29 is 27.5 Å². The van der Waals surface area contributed by atoms with Gasteiger partial charge in [0.05, 0.1) is 24.0 Å². The first-order valence-electron chi connectivity index (χ1n) is 17.1. The lowest BCUT2D eigenvalue weighted by atomic mass is 9.72. The van der Waals surface area contributed by atoms with E-state index in [1.807, 2.05) is 44.7 Å². The standard InChI is InChI=1S/C37H45F3N8O3/c1-24-17-27(26-9-7-25(8-10-26)20-46-15-13-36(14-16-46)22-47(23-36)33(50)51-34(2,3)4)11-12-29(24)48-21-28(18-42-48)31(49)41-19-30-43-32(45-44-30)35(5,6)37(38,39)40/h7-12,17-18,21H,13-16,19-20,22-23H2,1-6H3,(H,41,49)(H,43,44,45). The van der Waals surface area contributed by atoms with Crippen LogP contribution in [0.5, 0.6) is 0 Å². The minimum absolute atomic E-state index is 0.116. The van der Waals surface area contributed by atoms with E-state index in [0.717, 1.165) is 81.8 Å². The van der Waals surface area contributed by atoms with Gasteiger partial charge in [0.25, 0.3) is 5.91 Å². The summed E-state index contributed by atoms with van der Waals surface area (Å²) in [6.45, 7) is 14.0. The Labute approximate surface area is 295 Å². The molecule has 2 aliphatic heterocycles. The number of hydrogen-bond acceptors (Lipinski definition) is 7. The van der Waals surface area contributed by atoms with Crippen molar-refractivity contribution in [2.75, 3.05) is 26.2 Å². The number of alkyl halides is 3. The molecule has 2 aliphatic rings. The highest BCUT2D eigenvalue weighted by atomic mass is 19.4. The lowest BCUT2D eigenvalue weighted by Gasteiger charge is -2.53. The van der Waals surface area contributed by atoms with Gasteiger partial charge in [-0.1, -0.05) is 30.3 Å². The SMILES string of the molecule is Cc1cc(-c2ccc(CN3CCC4(CC3)CN(C(=O)OC(C)(C)C)C4)cc2)ccc1-n1cc(C(=O)NCc2nc(C(C)(C)C(F)(F)F)n[nH]2)cn1. The fraction of sp³-hybridized carbons (Fsp3) is 0.486. The molecule has 51 heavy (non-hydrogen) atoms. The van der Waals surface area contributed by atoms with E-state index in [1.54, 1.807) is 10.9 Å². The van der Waals surface area contributed by atoms with Gasteiger partial charge in [0.1, 0.15) is 16.8 Å². The highest BCUT2D eigenvalue weighted by Gasteiger charge is 2.51. The van der Waals surface area contributed by atoms with Gasteiger partial charge in [-0.3, -0.25) is 14.8 Å². The van der Waals surface area contributed by atoms with Crippen LogP contribution in [0.25, 0.3) is 16.8 Å². The largest absolute Gasteiger partial charge is 0.444 e. The van der Waals surface area contributed by atoms with Crippen LogP contribution in [0.15, 0.2) is 54.9 Å². The molecule has 14 heteroatoms. The number of piperidine rings is 1. The number of H-pyrrole nitrogens is 1. The molecule has 0 saturated carbocycles. The minimum atomic E-state index is -4.52. The number of hydrogen-bond donors (Lipinski definition) is 2. The van der Waals surface area contributed by atoms with E-state index in [9.17, 15) is 22.8 Å². The summed E-state index contributed by atoms with van der Waals surface area (Å²) in [7, 11) is 0. The number of benzene rings is 2. The maximum atomic E-state index is 13.3. The average Bonchev–Trinajstić information content (AvgIpc) is 3.73. The first-order valence-corrected chi connectivity index (χ1v) is 17.1.